The molecule has 1 saturated heterocycles. The maximum atomic E-state index is 5.99. The van der Waals surface area contributed by atoms with Crippen LogP contribution in [0.1, 0.15) is 31.7 Å². The minimum absolute atomic E-state index is 0.358. The van der Waals surface area contributed by atoms with Crippen LogP contribution in [0.5, 0.6) is 0 Å². The Morgan fingerprint density at radius 3 is 2.82 bits per heavy atom. The largest absolute Gasteiger partial charge is 0.373 e. The van der Waals surface area contributed by atoms with Crippen LogP contribution in [0, 0.1) is 11.2 Å². The van der Waals surface area contributed by atoms with Crippen LogP contribution in [-0.4, -0.2) is 11.4 Å². The Morgan fingerprint density at radius 2 is 2.18 bits per heavy atom. The number of ether oxygens (including phenoxy) is 1. The zero-order valence-corrected chi connectivity index (χ0v) is 11.1. The number of hydrogen-bond donors (Lipinski definition) is 0. The summed E-state index contributed by atoms with van der Waals surface area (Å²) in [5, 5.41) is 0.668. The van der Waals surface area contributed by atoms with Gasteiger partial charge in [-0.15, -0.1) is 0 Å². The average molecular weight is 247 g/mol. The van der Waals surface area contributed by atoms with Gasteiger partial charge in [-0.2, -0.15) is 0 Å². The minimum Gasteiger partial charge on any atom is -0.373 e. The molecule has 90 valence electrons. The molecule has 1 aliphatic heterocycles. The number of rotatable bonds is 4. The SMILES string of the molecule is C[C@H](OCc1ccccc1)C1CC2([CH+]S1)CC2. The molecular weight excluding hydrogens is 228 g/mol. The first-order valence-corrected chi connectivity index (χ1v) is 7.37. The monoisotopic (exact) mass is 247 g/mol. The fourth-order valence-electron chi connectivity index (χ4n) is 2.40. The van der Waals surface area contributed by atoms with Gasteiger partial charge in [0.05, 0.1) is 29.7 Å². The molecular formula is C15H19OS+. The number of hydrogen-bond acceptors (Lipinski definition) is 2. The van der Waals surface area contributed by atoms with Crippen LogP contribution in [0.25, 0.3) is 0 Å². The Bertz CT molecular complexity index is 372. The molecule has 0 amide bonds. The first kappa shape index (κ1) is 11.5. The highest BCUT2D eigenvalue weighted by atomic mass is 32.2. The van der Waals surface area contributed by atoms with Crippen molar-refractivity contribution in [2.45, 2.75) is 44.1 Å². The van der Waals surface area contributed by atoms with E-state index < -0.39 is 0 Å². The highest BCUT2D eigenvalue weighted by molar-refractivity contribution is 8.02. The Morgan fingerprint density at radius 1 is 1.41 bits per heavy atom. The highest BCUT2D eigenvalue weighted by Gasteiger charge is 2.59. The second-order valence-electron chi connectivity index (χ2n) is 5.36. The van der Waals surface area contributed by atoms with Crippen molar-refractivity contribution in [3.8, 4) is 0 Å². The molecule has 1 saturated carbocycles. The summed E-state index contributed by atoms with van der Waals surface area (Å²) >= 11 is 2.01. The maximum absolute atomic E-state index is 5.99. The standard InChI is InChI=1S/C15H19OS/c1-12(14-9-15(7-8-15)11-17-14)16-10-13-5-3-2-4-6-13/h2-6,11-12,14H,7-10H2,1H3/q+1/t12-,14?/m0/s1. The van der Waals surface area contributed by atoms with Crippen LogP contribution >= 0.6 is 11.8 Å². The van der Waals surface area contributed by atoms with E-state index in [-0.39, 0.29) is 0 Å². The molecule has 2 atom stereocenters. The molecule has 0 aromatic heterocycles. The second-order valence-corrected chi connectivity index (χ2v) is 6.47. The van der Waals surface area contributed by atoms with E-state index in [0.29, 0.717) is 16.8 Å². The number of thioether (sulfide) groups is 1. The van der Waals surface area contributed by atoms with Crippen LogP contribution < -0.4 is 0 Å². The van der Waals surface area contributed by atoms with E-state index in [1.54, 1.807) is 0 Å². The molecule has 17 heavy (non-hydrogen) atoms. The van der Waals surface area contributed by atoms with E-state index >= 15 is 0 Å². The van der Waals surface area contributed by atoms with Crippen molar-refractivity contribution in [3.05, 3.63) is 41.6 Å². The van der Waals surface area contributed by atoms with Gasteiger partial charge in [-0.05, 0) is 25.3 Å². The molecule has 2 aliphatic rings. The van der Waals surface area contributed by atoms with E-state index in [9.17, 15) is 0 Å². The van der Waals surface area contributed by atoms with E-state index in [2.05, 4.69) is 36.9 Å². The van der Waals surface area contributed by atoms with Gasteiger partial charge in [0.2, 0.25) is 0 Å². The lowest BCUT2D eigenvalue weighted by Crippen LogP contribution is -2.21. The predicted octanol–water partition coefficient (Wildman–Crippen LogP) is 4.04. The van der Waals surface area contributed by atoms with Crippen LogP contribution in [0.15, 0.2) is 30.3 Å². The lowest BCUT2D eigenvalue weighted by atomic mass is 10.0. The Kier molecular flexibility index (Phi) is 3.10. The molecule has 0 N–H and O–H groups in total. The van der Waals surface area contributed by atoms with Crippen molar-refractivity contribution in [3.63, 3.8) is 0 Å². The third-order valence-electron chi connectivity index (χ3n) is 3.87. The van der Waals surface area contributed by atoms with E-state index in [1.807, 2.05) is 17.8 Å². The molecule has 2 heteroatoms. The molecule has 0 radical (unpaired) electrons. The minimum atomic E-state index is 0.358. The fraction of sp³-hybridized carbons (Fsp3) is 0.533. The van der Waals surface area contributed by atoms with Crippen molar-refractivity contribution < 1.29 is 4.74 Å². The van der Waals surface area contributed by atoms with Gasteiger partial charge in [0.25, 0.3) is 0 Å². The number of benzene rings is 1. The van der Waals surface area contributed by atoms with Crippen LogP contribution in [0.4, 0.5) is 0 Å². The normalized spacial score (nSPS) is 26.8. The first-order chi connectivity index (χ1) is 8.27. The molecule has 3 rings (SSSR count). The molecule has 1 unspecified atom stereocenters. The summed E-state index contributed by atoms with van der Waals surface area (Å²) in [6, 6.07) is 10.4. The second kappa shape index (κ2) is 4.58. The fourth-order valence-corrected chi connectivity index (χ4v) is 3.92. The lowest BCUT2D eigenvalue weighted by molar-refractivity contribution is 0.0493. The van der Waals surface area contributed by atoms with Gasteiger partial charge in [0.1, 0.15) is 11.2 Å². The van der Waals surface area contributed by atoms with Gasteiger partial charge in [0.15, 0.2) is 0 Å². The smallest absolute Gasteiger partial charge is 0.149 e. The van der Waals surface area contributed by atoms with E-state index in [0.717, 1.165) is 6.61 Å². The van der Waals surface area contributed by atoms with Crippen LogP contribution in [0.2, 0.25) is 0 Å². The summed E-state index contributed by atoms with van der Waals surface area (Å²) in [5.74, 6) is 2.47. The van der Waals surface area contributed by atoms with Gasteiger partial charge >= 0.3 is 0 Å². The van der Waals surface area contributed by atoms with Gasteiger partial charge in [0, 0.05) is 6.42 Å². The van der Waals surface area contributed by atoms with Gasteiger partial charge < -0.3 is 4.74 Å². The zero-order valence-electron chi connectivity index (χ0n) is 10.3. The molecule has 1 aliphatic carbocycles. The molecule has 2 fully saturated rings. The summed E-state index contributed by atoms with van der Waals surface area (Å²) in [4.78, 5) is 0. The van der Waals surface area contributed by atoms with Gasteiger partial charge in [-0.1, -0.05) is 30.3 Å². The average Bonchev–Trinajstić information content (AvgIpc) is 2.98. The van der Waals surface area contributed by atoms with Crippen molar-refractivity contribution >= 4 is 11.8 Å². The lowest BCUT2D eigenvalue weighted by Gasteiger charge is -2.16. The zero-order chi connectivity index (χ0) is 11.7. The summed E-state index contributed by atoms with van der Waals surface area (Å²) < 4.78 is 5.99. The van der Waals surface area contributed by atoms with Crippen molar-refractivity contribution in [2.24, 2.45) is 5.41 Å². The van der Waals surface area contributed by atoms with E-state index in [1.165, 1.54) is 24.8 Å². The van der Waals surface area contributed by atoms with Gasteiger partial charge in [-0.25, -0.2) is 0 Å². The molecule has 0 bridgehead atoms. The predicted molar refractivity (Wildman–Crippen MR) is 72.7 cm³/mol. The molecule has 1 aromatic rings. The van der Waals surface area contributed by atoms with Crippen molar-refractivity contribution in [1.29, 1.82) is 0 Å². The van der Waals surface area contributed by atoms with Crippen molar-refractivity contribution in [1.82, 2.24) is 0 Å². The maximum Gasteiger partial charge on any atom is 0.149 e. The Labute approximate surface area is 108 Å². The van der Waals surface area contributed by atoms with Crippen LogP contribution in [-0.2, 0) is 11.3 Å². The third-order valence-corrected chi connectivity index (χ3v) is 5.41. The first-order valence-electron chi connectivity index (χ1n) is 6.43. The summed E-state index contributed by atoms with van der Waals surface area (Å²) in [6.07, 6.45) is 4.49. The topological polar surface area (TPSA) is 9.23 Å². The van der Waals surface area contributed by atoms with E-state index in [4.69, 9.17) is 4.74 Å². The van der Waals surface area contributed by atoms with Crippen molar-refractivity contribution in [2.75, 3.05) is 0 Å². The summed E-state index contributed by atoms with van der Waals surface area (Å²) in [6.45, 7) is 2.96. The third kappa shape index (κ3) is 2.63. The summed E-state index contributed by atoms with van der Waals surface area (Å²) in [5.41, 5.74) is 1.88. The van der Waals surface area contributed by atoms with Gasteiger partial charge in [-0.3, -0.25) is 0 Å². The molecule has 1 nitrogen and oxygen atoms in total. The molecule has 1 aromatic carbocycles. The Balaban J connectivity index is 1.49. The van der Waals surface area contributed by atoms with Crippen LogP contribution in [0.3, 0.4) is 0 Å². The molecule has 1 heterocycles. The quantitative estimate of drug-likeness (QED) is 0.743. The highest BCUT2D eigenvalue weighted by Crippen LogP contribution is 2.61. The Hall–Kier alpha value is -0.600. The molecule has 1 spiro atoms. The summed E-state index contributed by atoms with van der Waals surface area (Å²) in [7, 11) is 0.